The molecule has 0 aliphatic heterocycles. The normalized spacial score (nSPS) is 10.6. The molecular formula is C20H21N3OS. The molecule has 0 spiro atoms. The molecule has 0 bridgehead atoms. The van der Waals surface area contributed by atoms with Gasteiger partial charge in [0.2, 0.25) is 5.91 Å². The van der Waals surface area contributed by atoms with Crippen LogP contribution < -0.4 is 5.32 Å². The van der Waals surface area contributed by atoms with Gasteiger partial charge in [0.25, 0.3) is 0 Å². The van der Waals surface area contributed by atoms with Crippen LogP contribution in [0.2, 0.25) is 0 Å². The van der Waals surface area contributed by atoms with E-state index in [-0.39, 0.29) is 5.91 Å². The van der Waals surface area contributed by atoms with E-state index in [1.807, 2.05) is 41.9 Å². The van der Waals surface area contributed by atoms with Crippen molar-refractivity contribution in [2.45, 2.75) is 25.7 Å². The van der Waals surface area contributed by atoms with Crippen LogP contribution >= 0.6 is 11.3 Å². The Morgan fingerprint density at radius 2 is 1.96 bits per heavy atom. The maximum Gasteiger partial charge on any atom is 0.220 e. The minimum atomic E-state index is 0.110. The second-order valence-electron chi connectivity index (χ2n) is 5.82. The lowest BCUT2D eigenvalue weighted by Gasteiger charge is -2.04. The number of nitrogens with zero attached hydrogens (tertiary/aromatic N) is 2. The summed E-state index contributed by atoms with van der Waals surface area (Å²) >= 11 is 1.61. The van der Waals surface area contributed by atoms with Crippen LogP contribution in [0.5, 0.6) is 0 Å². The zero-order valence-corrected chi connectivity index (χ0v) is 14.8. The van der Waals surface area contributed by atoms with E-state index in [0.29, 0.717) is 13.0 Å². The van der Waals surface area contributed by atoms with Crippen molar-refractivity contribution in [3.05, 3.63) is 71.5 Å². The van der Waals surface area contributed by atoms with Crippen LogP contribution in [0.25, 0.3) is 10.6 Å². The average molecular weight is 351 g/mol. The zero-order valence-electron chi connectivity index (χ0n) is 14.0. The Balaban J connectivity index is 1.36. The van der Waals surface area contributed by atoms with Gasteiger partial charge >= 0.3 is 0 Å². The standard InChI is InChI=1S/C20H21N3OS/c24-19(10-4-8-16-6-2-1-3-7-16)22-13-11-18-15-25-20(23-18)17-9-5-12-21-14-17/h1-3,5-7,9,12,14-15H,4,8,10-11,13H2,(H,22,24). The number of carbonyl (C=O) groups is 1. The number of nitrogens with one attached hydrogen (secondary N) is 1. The topological polar surface area (TPSA) is 54.9 Å². The predicted octanol–water partition coefficient (Wildman–Crippen LogP) is 3.89. The van der Waals surface area contributed by atoms with Gasteiger partial charge in [0.15, 0.2) is 0 Å². The Kier molecular flexibility index (Phi) is 6.29. The third-order valence-electron chi connectivity index (χ3n) is 3.88. The van der Waals surface area contributed by atoms with E-state index in [9.17, 15) is 4.79 Å². The zero-order chi connectivity index (χ0) is 17.3. The van der Waals surface area contributed by atoms with E-state index in [1.165, 1.54) is 5.56 Å². The molecule has 3 aromatic rings. The maximum absolute atomic E-state index is 11.9. The first-order valence-corrected chi connectivity index (χ1v) is 9.34. The van der Waals surface area contributed by atoms with Crippen LogP contribution in [0, 0.1) is 0 Å². The second-order valence-corrected chi connectivity index (χ2v) is 6.68. The number of amides is 1. The summed E-state index contributed by atoms with van der Waals surface area (Å²) in [4.78, 5) is 20.6. The second kappa shape index (κ2) is 9.08. The van der Waals surface area contributed by atoms with E-state index in [0.717, 1.165) is 35.5 Å². The van der Waals surface area contributed by atoms with Gasteiger partial charge in [-0.25, -0.2) is 4.98 Å². The summed E-state index contributed by atoms with van der Waals surface area (Å²) in [6.07, 6.45) is 6.70. The third kappa shape index (κ3) is 5.50. The molecular weight excluding hydrogens is 330 g/mol. The van der Waals surface area contributed by atoms with Crippen molar-refractivity contribution in [1.82, 2.24) is 15.3 Å². The van der Waals surface area contributed by atoms with Gasteiger partial charge in [-0.15, -0.1) is 11.3 Å². The summed E-state index contributed by atoms with van der Waals surface area (Å²) in [5.74, 6) is 0.110. The molecule has 2 heterocycles. The first-order chi connectivity index (χ1) is 12.3. The van der Waals surface area contributed by atoms with Crippen molar-refractivity contribution >= 4 is 17.2 Å². The molecule has 128 valence electrons. The van der Waals surface area contributed by atoms with Gasteiger partial charge in [-0.2, -0.15) is 0 Å². The highest BCUT2D eigenvalue weighted by atomic mass is 32.1. The van der Waals surface area contributed by atoms with E-state index < -0.39 is 0 Å². The summed E-state index contributed by atoms with van der Waals surface area (Å²) in [5.41, 5.74) is 3.32. The molecule has 25 heavy (non-hydrogen) atoms. The molecule has 1 amide bonds. The fourth-order valence-corrected chi connectivity index (χ4v) is 3.40. The van der Waals surface area contributed by atoms with Crippen LogP contribution in [0.3, 0.4) is 0 Å². The fourth-order valence-electron chi connectivity index (χ4n) is 2.56. The highest BCUT2D eigenvalue weighted by molar-refractivity contribution is 7.13. The molecule has 0 aliphatic carbocycles. The molecule has 2 aromatic heterocycles. The lowest BCUT2D eigenvalue weighted by molar-refractivity contribution is -0.121. The molecule has 0 saturated heterocycles. The Morgan fingerprint density at radius 1 is 1.08 bits per heavy atom. The van der Waals surface area contributed by atoms with E-state index in [2.05, 4.69) is 27.4 Å². The number of hydrogen-bond acceptors (Lipinski definition) is 4. The number of rotatable bonds is 8. The van der Waals surface area contributed by atoms with Gasteiger partial charge in [0, 0.05) is 42.7 Å². The van der Waals surface area contributed by atoms with Crippen LogP contribution in [0.15, 0.2) is 60.2 Å². The molecule has 1 N–H and O–H groups in total. The molecule has 0 fully saturated rings. The SMILES string of the molecule is O=C(CCCc1ccccc1)NCCc1csc(-c2cccnc2)n1. The minimum Gasteiger partial charge on any atom is -0.356 e. The smallest absolute Gasteiger partial charge is 0.220 e. The Morgan fingerprint density at radius 3 is 2.76 bits per heavy atom. The number of aromatic nitrogens is 2. The van der Waals surface area contributed by atoms with Crippen LogP contribution in [0.1, 0.15) is 24.1 Å². The molecule has 4 nitrogen and oxygen atoms in total. The van der Waals surface area contributed by atoms with E-state index in [4.69, 9.17) is 0 Å². The Hall–Kier alpha value is -2.53. The number of aryl methyl sites for hydroxylation is 1. The number of thiazole rings is 1. The van der Waals surface area contributed by atoms with Gasteiger partial charge in [-0.1, -0.05) is 30.3 Å². The van der Waals surface area contributed by atoms with Gasteiger partial charge in [-0.3, -0.25) is 9.78 Å². The van der Waals surface area contributed by atoms with Crippen LogP contribution in [-0.4, -0.2) is 22.4 Å². The number of hydrogen-bond donors (Lipinski definition) is 1. The fraction of sp³-hybridized carbons (Fsp3) is 0.250. The molecule has 5 heteroatoms. The van der Waals surface area contributed by atoms with E-state index in [1.54, 1.807) is 17.5 Å². The van der Waals surface area contributed by atoms with Gasteiger partial charge in [-0.05, 0) is 30.5 Å². The first-order valence-electron chi connectivity index (χ1n) is 8.47. The number of pyridine rings is 1. The van der Waals surface area contributed by atoms with Crippen LogP contribution in [-0.2, 0) is 17.6 Å². The van der Waals surface area contributed by atoms with Crippen molar-refractivity contribution < 1.29 is 4.79 Å². The minimum absolute atomic E-state index is 0.110. The number of carbonyl (C=O) groups excluding carboxylic acids is 1. The predicted molar refractivity (Wildman–Crippen MR) is 101 cm³/mol. The summed E-state index contributed by atoms with van der Waals surface area (Å²) in [6.45, 7) is 0.625. The van der Waals surface area contributed by atoms with Gasteiger partial charge in [0.05, 0.1) is 5.69 Å². The highest BCUT2D eigenvalue weighted by Gasteiger charge is 2.06. The molecule has 0 unspecified atom stereocenters. The molecule has 0 atom stereocenters. The first kappa shape index (κ1) is 17.3. The Bertz CT molecular complexity index is 787. The van der Waals surface area contributed by atoms with Crippen molar-refractivity contribution in [3.8, 4) is 10.6 Å². The summed E-state index contributed by atoms with van der Waals surface area (Å²) < 4.78 is 0. The highest BCUT2D eigenvalue weighted by Crippen LogP contribution is 2.22. The molecule has 3 rings (SSSR count). The van der Waals surface area contributed by atoms with Gasteiger partial charge < -0.3 is 5.32 Å². The van der Waals surface area contributed by atoms with Crippen LogP contribution in [0.4, 0.5) is 0 Å². The summed E-state index contributed by atoms with van der Waals surface area (Å²) in [5, 5.41) is 6.00. The average Bonchev–Trinajstić information content (AvgIpc) is 3.12. The molecule has 0 saturated carbocycles. The van der Waals surface area contributed by atoms with Crippen molar-refractivity contribution in [3.63, 3.8) is 0 Å². The number of benzene rings is 1. The summed E-state index contributed by atoms with van der Waals surface area (Å²) in [7, 11) is 0. The monoisotopic (exact) mass is 351 g/mol. The maximum atomic E-state index is 11.9. The van der Waals surface area contributed by atoms with Crippen molar-refractivity contribution in [1.29, 1.82) is 0 Å². The largest absolute Gasteiger partial charge is 0.356 e. The van der Waals surface area contributed by atoms with Gasteiger partial charge in [0.1, 0.15) is 5.01 Å². The molecule has 0 radical (unpaired) electrons. The lowest BCUT2D eigenvalue weighted by atomic mass is 10.1. The summed E-state index contributed by atoms with van der Waals surface area (Å²) in [6, 6.07) is 14.2. The van der Waals surface area contributed by atoms with Crippen molar-refractivity contribution in [2.24, 2.45) is 0 Å². The van der Waals surface area contributed by atoms with Crippen molar-refractivity contribution in [2.75, 3.05) is 6.54 Å². The quantitative estimate of drug-likeness (QED) is 0.670. The molecule has 1 aromatic carbocycles. The van der Waals surface area contributed by atoms with E-state index >= 15 is 0 Å². The lowest BCUT2D eigenvalue weighted by Crippen LogP contribution is -2.25. The Labute approximate surface area is 152 Å². The molecule has 0 aliphatic rings. The third-order valence-corrected chi connectivity index (χ3v) is 4.82.